The molecule has 140 valence electrons. The summed E-state index contributed by atoms with van der Waals surface area (Å²) >= 11 is 1.95. The summed E-state index contributed by atoms with van der Waals surface area (Å²) in [7, 11) is 0. The molecule has 1 aliphatic rings. The van der Waals surface area contributed by atoms with Gasteiger partial charge in [0, 0.05) is 41.8 Å². The molecule has 4 rings (SSSR count). The number of hydrogen-bond donors (Lipinski definition) is 1. The molecule has 0 saturated carbocycles. The van der Waals surface area contributed by atoms with Crippen molar-refractivity contribution in [1.82, 2.24) is 9.97 Å². The molecule has 0 amide bonds. The average Bonchev–Trinajstić information content (AvgIpc) is 2.73. The van der Waals surface area contributed by atoms with Crippen LogP contribution in [0, 0.1) is 0 Å². The van der Waals surface area contributed by atoms with Crippen LogP contribution in [0.25, 0.3) is 10.9 Å². The molecular formula is C22H25N3OS. The molecule has 1 atom stereocenters. The van der Waals surface area contributed by atoms with Crippen molar-refractivity contribution in [3.63, 3.8) is 0 Å². The predicted octanol–water partition coefficient (Wildman–Crippen LogP) is 5.22. The van der Waals surface area contributed by atoms with Crippen molar-refractivity contribution in [3.05, 3.63) is 66.1 Å². The lowest BCUT2D eigenvalue weighted by Crippen LogP contribution is -2.17. The molecule has 5 heteroatoms. The normalized spacial score (nSPS) is 16.3. The molecule has 1 N–H and O–H groups in total. The van der Waals surface area contributed by atoms with Gasteiger partial charge in [-0.1, -0.05) is 30.3 Å². The van der Waals surface area contributed by atoms with E-state index in [0.29, 0.717) is 5.25 Å². The zero-order valence-corrected chi connectivity index (χ0v) is 16.4. The summed E-state index contributed by atoms with van der Waals surface area (Å²) in [6, 6.07) is 17.0. The van der Waals surface area contributed by atoms with E-state index in [1.54, 1.807) is 0 Å². The Balaban J connectivity index is 1.45. The van der Waals surface area contributed by atoms with Crippen LogP contribution >= 0.6 is 11.8 Å². The van der Waals surface area contributed by atoms with Crippen molar-refractivity contribution < 1.29 is 4.74 Å². The van der Waals surface area contributed by atoms with Gasteiger partial charge in [0.05, 0.1) is 11.3 Å². The van der Waals surface area contributed by atoms with Crippen molar-refractivity contribution in [2.24, 2.45) is 0 Å². The highest BCUT2D eigenvalue weighted by molar-refractivity contribution is 7.99. The smallest absolute Gasteiger partial charge is 0.138 e. The first kappa shape index (κ1) is 18.3. The van der Waals surface area contributed by atoms with Crippen LogP contribution in [0.2, 0.25) is 0 Å². The lowest BCUT2D eigenvalue weighted by molar-refractivity contribution is 0.1000. The summed E-state index contributed by atoms with van der Waals surface area (Å²) in [6.45, 7) is 3.94. The molecule has 4 nitrogen and oxygen atoms in total. The molecule has 1 aromatic heterocycles. The Morgan fingerprint density at radius 3 is 2.78 bits per heavy atom. The molecule has 1 unspecified atom stereocenters. The Bertz CT molecular complexity index is 881. The Labute approximate surface area is 164 Å². The van der Waals surface area contributed by atoms with E-state index in [1.807, 2.05) is 24.0 Å². The minimum absolute atomic E-state index is 0.244. The second-order valence-corrected chi connectivity index (χ2v) is 8.25. The first-order valence-electron chi connectivity index (χ1n) is 9.54. The van der Waals surface area contributed by atoms with Gasteiger partial charge in [0.15, 0.2) is 0 Å². The van der Waals surface area contributed by atoms with E-state index in [9.17, 15) is 0 Å². The third-order valence-electron chi connectivity index (χ3n) is 4.93. The van der Waals surface area contributed by atoms with Crippen LogP contribution in [-0.2, 0) is 10.5 Å². The molecule has 1 saturated heterocycles. The Morgan fingerprint density at radius 1 is 1.15 bits per heavy atom. The molecule has 2 heterocycles. The number of rotatable bonds is 6. The second kappa shape index (κ2) is 8.72. The van der Waals surface area contributed by atoms with E-state index in [-0.39, 0.29) is 6.04 Å². The van der Waals surface area contributed by atoms with Gasteiger partial charge in [-0.3, -0.25) is 0 Å². The number of benzene rings is 2. The van der Waals surface area contributed by atoms with Gasteiger partial charge in [-0.15, -0.1) is 0 Å². The van der Waals surface area contributed by atoms with Crippen LogP contribution in [0.4, 0.5) is 5.69 Å². The summed E-state index contributed by atoms with van der Waals surface area (Å²) in [5.41, 5.74) is 3.35. The van der Waals surface area contributed by atoms with E-state index in [1.165, 1.54) is 5.56 Å². The number of ether oxygens (including phenoxy) is 1. The number of nitrogens with zero attached hydrogens (tertiary/aromatic N) is 2. The largest absolute Gasteiger partial charge is 0.381 e. The molecule has 2 aromatic carbocycles. The van der Waals surface area contributed by atoms with E-state index in [0.717, 1.165) is 54.2 Å². The van der Waals surface area contributed by atoms with E-state index in [4.69, 9.17) is 9.72 Å². The van der Waals surface area contributed by atoms with Gasteiger partial charge >= 0.3 is 0 Å². The van der Waals surface area contributed by atoms with Gasteiger partial charge in [0.25, 0.3) is 0 Å². The molecule has 27 heavy (non-hydrogen) atoms. The second-order valence-electron chi connectivity index (χ2n) is 6.96. The van der Waals surface area contributed by atoms with E-state index < -0.39 is 0 Å². The topological polar surface area (TPSA) is 47.0 Å². The van der Waals surface area contributed by atoms with Gasteiger partial charge in [0.1, 0.15) is 5.82 Å². The maximum atomic E-state index is 5.43. The minimum Gasteiger partial charge on any atom is -0.381 e. The van der Waals surface area contributed by atoms with Gasteiger partial charge in [-0.2, -0.15) is 11.8 Å². The Kier molecular flexibility index (Phi) is 5.90. The van der Waals surface area contributed by atoms with Crippen LogP contribution in [0.3, 0.4) is 0 Å². The van der Waals surface area contributed by atoms with Crippen molar-refractivity contribution in [1.29, 1.82) is 0 Å². The third-order valence-corrected chi connectivity index (χ3v) is 6.30. The summed E-state index contributed by atoms with van der Waals surface area (Å²) in [6.07, 6.45) is 4.19. The van der Waals surface area contributed by atoms with Crippen LogP contribution in [0.15, 0.2) is 54.7 Å². The molecule has 0 spiro atoms. The lowest BCUT2D eigenvalue weighted by atomic mass is 10.1. The lowest BCUT2D eigenvalue weighted by Gasteiger charge is -2.21. The zero-order valence-electron chi connectivity index (χ0n) is 15.6. The number of hydrogen-bond acceptors (Lipinski definition) is 5. The van der Waals surface area contributed by atoms with Crippen molar-refractivity contribution in [3.8, 4) is 0 Å². The number of aromatic nitrogens is 2. The molecule has 0 radical (unpaired) electrons. The molecule has 0 aliphatic carbocycles. The standard InChI is InChI=1S/C22H25N3OS/c1-16(17-5-3-2-4-6-17)24-19-8-7-18-14-23-22(25-21(18)13-19)15-27-20-9-11-26-12-10-20/h2-8,13-14,16,20,24H,9-12,15H2,1H3. The minimum atomic E-state index is 0.244. The van der Waals surface area contributed by atoms with Gasteiger partial charge < -0.3 is 10.1 Å². The average molecular weight is 380 g/mol. The molecule has 0 bridgehead atoms. The first-order valence-corrected chi connectivity index (χ1v) is 10.6. The van der Waals surface area contributed by atoms with Crippen LogP contribution in [0.5, 0.6) is 0 Å². The number of fused-ring (bicyclic) bond motifs is 1. The quantitative estimate of drug-likeness (QED) is 0.637. The van der Waals surface area contributed by atoms with E-state index in [2.05, 4.69) is 59.7 Å². The fraction of sp³-hybridized carbons (Fsp3) is 0.364. The number of anilines is 1. The monoisotopic (exact) mass is 379 g/mol. The SMILES string of the molecule is CC(Nc1ccc2cnc(CSC3CCOCC3)nc2c1)c1ccccc1. The molecular weight excluding hydrogens is 354 g/mol. The highest BCUT2D eigenvalue weighted by atomic mass is 32.2. The highest BCUT2D eigenvalue weighted by Crippen LogP contribution is 2.26. The van der Waals surface area contributed by atoms with Crippen molar-refractivity contribution >= 4 is 28.4 Å². The summed E-state index contributed by atoms with van der Waals surface area (Å²) in [4.78, 5) is 9.34. The van der Waals surface area contributed by atoms with E-state index >= 15 is 0 Å². The third kappa shape index (κ3) is 4.79. The Morgan fingerprint density at radius 2 is 1.96 bits per heavy atom. The maximum Gasteiger partial charge on any atom is 0.138 e. The highest BCUT2D eigenvalue weighted by Gasteiger charge is 2.15. The molecule has 1 fully saturated rings. The fourth-order valence-corrected chi connectivity index (χ4v) is 4.38. The van der Waals surface area contributed by atoms with Gasteiger partial charge in [-0.05, 0) is 43.5 Å². The summed E-state index contributed by atoms with van der Waals surface area (Å²) in [5.74, 6) is 1.77. The van der Waals surface area contributed by atoms with Crippen molar-refractivity contribution in [2.75, 3.05) is 18.5 Å². The summed E-state index contributed by atoms with van der Waals surface area (Å²) < 4.78 is 5.43. The Hall–Kier alpha value is -2.11. The van der Waals surface area contributed by atoms with Crippen LogP contribution < -0.4 is 5.32 Å². The maximum absolute atomic E-state index is 5.43. The predicted molar refractivity (Wildman–Crippen MR) is 113 cm³/mol. The first-order chi connectivity index (χ1) is 13.3. The zero-order chi connectivity index (χ0) is 18.5. The van der Waals surface area contributed by atoms with Gasteiger partial charge in [0.2, 0.25) is 0 Å². The molecule has 3 aromatic rings. The van der Waals surface area contributed by atoms with Crippen LogP contribution in [0.1, 0.15) is 37.2 Å². The number of nitrogens with one attached hydrogen (secondary N) is 1. The van der Waals surface area contributed by atoms with Gasteiger partial charge in [-0.25, -0.2) is 9.97 Å². The fourth-order valence-electron chi connectivity index (χ4n) is 3.33. The summed E-state index contributed by atoms with van der Waals surface area (Å²) in [5, 5.41) is 5.32. The molecule has 1 aliphatic heterocycles. The van der Waals surface area contributed by atoms with Crippen molar-refractivity contribution in [2.45, 2.75) is 36.8 Å². The number of thioether (sulfide) groups is 1. The van der Waals surface area contributed by atoms with Crippen LogP contribution in [-0.4, -0.2) is 28.4 Å².